The molecule has 0 radical (unpaired) electrons. The van der Waals surface area contributed by atoms with E-state index < -0.39 is 5.41 Å². The van der Waals surface area contributed by atoms with Crippen molar-refractivity contribution in [2.45, 2.75) is 5.41 Å². The zero-order valence-corrected chi connectivity index (χ0v) is 39.7. The largest absolute Gasteiger partial charge is 0.310 e. The zero-order valence-electron chi connectivity index (χ0n) is 38.8. The molecule has 0 saturated heterocycles. The second-order valence-electron chi connectivity index (χ2n) is 18.7. The first-order valence-corrected chi connectivity index (χ1v) is 25.3. The number of benzene rings is 12. The van der Waals surface area contributed by atoms with Gasteiger partial charge in [0.25, 0.3) is 0 Å². The molecule has 0 unspecified atom stereocenters. The van der Waals surface area contributed by atoms with Gasteiger partial charge in [-0.3, -0.25) is 0 Å². The minimum Gasteiger partial charge on any atom is -0.310 e. The third-order valence-corrected chi connectivity index (χ3v) is 16.2. The average molecular weight is 920 g/mol. The van der Waals surface area contributed by atoms with Crippen molar-refractivity contribution in [1.82, 2.24) is 0 Å². The third kappa shape index (κ3) is 6.60. The molecule has 14 rings (SSSR count). The van der Waals surface area contributed by atoms with Gasteiger partial charge in [0.05, 0.1) is 11.1 Å². The second kappa shape index (κ2) is 16.7. The van der Waals surface area contributed by atoms with Crippen LogP contribution in [0.25, 0.3) is 86.2 Å². The van der Waals surface area contributed by atoms with Crippen LogP contribution in [-0.2, 0) is 5.41 Å². The average Bonchev–Trinajstić information content (AvgIpc) is 3.98. The van der Waals surface area contributed by atoms with Gasteiger partial charge in [-0.05, 0) is 125 Å². The van der Waals surface area contributed by atoms with E-state index in [0.29, 0.717) is 0 Å². The second-order valence-corrected chi connectivity index (χ2v) is 19.8. The molecule has 1 aromatic heterocycles. The van der Waals surface area contributed by atoms with E-state index in [4.69, 9.17) is 0 Å². The van der Waals surface area contributed by atoms with Gasteiger partial charge in [0.1, 0.15) is 0 Å². The summed E-state index contributed by atoms with van der Waals surface area (Å²) in [6.07, 6.45) is 0. The lowest BCUT2D eigenvalue weighted by Gasteiger charge is -2.35. The number of hydrogen-bond donors (Lipinski definition) is 0. The van der Waals surface area contributed by atoms with E-state index in [-0.39, 0.29) is 0 Å². The maximum absolute atomic E-state index is 2.52. The molecule has 0 fully saturated rings. The molecule has 2 heteroatoms. The first kappa shape index (κ1) is 41.2. The molecule has 332 valence electrons. The molecule has 1 heterocycles. The van der Waals surface area contributed by atoms with Crippen molar-refractivity contribution in [3.8, 4) is 44.5 Å². The highest BCUT2D eigenvalue weighted by molar-refractivity contribution is 7.26. The first-order valence-electron chi connectivity index (χ1n) is 24.5. The van der Waals surface area contributed by atoms with Crippen LogP contribution in [0.4, 0.5) is 17.1 Å². The van der Waals surface area contributed by atoms with Crippen LogP contribution in [-0.4, -0.2) is 0 Å². The van der Waals surface area contributed by atoms with Gasteiger partial charge >= 0.3 is 0 Å². The number of rotatable bonds is 8. The summed E-state index contributed by atoms with van der Waals surface area (Å²) in [5, 5.41) is 7.53. The molecule has 0 atom stereocenters. The highest BCUT2D eigenvalue weighted by Gasteiger charge is 2.46. The smallest absolute Gasteiger partial charge is 0.0714 e. The van der Waals surface area contributed by atoms with Crippen LogP contribution in [0, 0.1) is 0 Å². The molecule has 0 aliphatic heterocycles. The summed E-state index contributed by atoms with van der Waals surface area (Å²) in [6, 6.07) is 101. The van der Waals surface area contributed by atoms with Gasteiger partial charge in [0.2, 0.25) is 0 Å². The minimum atomic E-state index is -0.540. The van der Waals surface area contributed by atoms with Crippen LogP contribution >= 0.6 is 11.3 Å². The Kier molecular flexibility index (Phi) is 9.69. The highest BCUT2D eigenvalue weighted by Crippen LogP contribution is 2.58. The maximum Gasteiger partial charge on any atom is 0.0714 e. The van der Waals surface area contributed by atoms with Crippen LogP contribution in [0.3, 0.4) is 0 Å². The number of nitrogens with zero attached hydrogens (tertiary/aromatic N) is 1. The van der Waals surface area contributed by atoms with E-state index >= 15 is 0 Å². The Morgan fingerprint density at radius 1 is 0.310 bits per heavy atom. The number of thiophene rings is 1. The SMILES string of the molecule is c1ccc(C2(c3ccccc3)c3ccccc3-c3ccc(N(c4ccc(-c5ccc(-c6ccc7ccccc7c6)cc5)cc4)c4ccc(-c5cccc6ccccc56)c5sc6ccccc6c45)cc32)cc1. The maximum atomic E-state index is 2.52. The van der Waals surface area contributed by atoms with Crippen LogP contribution in [0.1, 0.15) is 22.3 Å². The molecule has 12 aromatic carbocycles. The molecule has 0 bridgehead atoms. The van der Waals surface area contributed by atoms with Crippen LogP contribution in [0.2, 0.25) is 0 Å². The van der Waals surface area contributed by atoms with Crippen LogP contribution < -0.4 is 4.90 Å². The summed E-state index contributed by atoms with van der Waals surface area (Å²) in [6.45, 7) is 0. The van der Waals surface area contributed by atoms with Crippen molar-refractivity contribution in [2.75, 3.05) is 4.90 Å². The Bertz CT molecular complexity index is 4110. The summed E-state index contributed by atoms with van der Waals surface area (Å²) in [5.74, 6) is 0. The Hall–Kier alpha value is -8.82. The van der Waals surface area contributed by atoms with Crippen molar-refractivity contribution >= 4 is 70.1 Å². The van der Waals surface area contributed by atoms with Gasteiger partial charge in [-0.15, -0.1) is 11.3 Å². The van der Waals surface area contributed by atoms with Gasteiger partial charge in [-0.25, -0.2) is 0 Å². The zero-order chi connectivity index (χ0) is 46.9. The Morgan fingerprint density at radius 3 is 1.61 bits per heavy atom. The Morgan fingerprint density at radius 2 is 0.845 bits per heavy atom. The lowest BCUT2D eigenvalue weighted by molar-refractivity contribution is 0.768. The Balaban J connectivity index is 0.979. The Labute approximate surface area is 417 Å². The molecule has 0 N–H and O–H groups in total. The van der Waals surface area contributed by atoms with E-state index in [0.717, 1.165) is 17.1 Å². The standard InChI is InChI=1S/C69H45NS/c1-3-20-53(21-4-1)69(54-22-5-2-6-23-54)63-28-13-11-25-59(63)60-41-40-56(45-64(60)69)70(55-38-36-48(37-39-55)47-30-32-49(33-31-47)52-35-34-46-16-7-8-18-51(46)44-52)65-43-42-61(58-27-15-19-50-17-9-10-24-57(50)58)68-67(65)62-26-12-14-29-66(62)71-68/h1-45H. The quantitative estimate of drug-likeness (QED) is 0.147. The number of fused-ring (bicyclic) bond motifs is 8. The molecular weight excluding hydrogens is 875 g/mol. The fourth-order valence-electron chi connectivity index (χ4n) is 11.7. The third-order valence-electron chi connectivity index (χ3n) is 15.0. The van der Waals surface area contributed by atoms with Crippen molar-refractivity contribution < 1.29 is 0 Å². The number of hydrogen-bond acceptors (Lipinski definition) is 2. The summed E-state index contributed by atoms with van der Waals surface area (Å²) < 4.78 is 2.56. The lowest BCUT2D eigenvalue weighted by Crippen LogP contribution is -2.28. The topological polar surface area (TPSA) is 3.24 Å². The normalized spacial score (nSPS) is 12.6. The van der Waals surface area contributed by atoms with Crippen molar-refractivity contribution in [2.24, 2.45) is 0 Å². The fraction of sp³-hybridized carbons (Fsp3) is 0.0145. The molecular formula is C69H45NS. The molecule has 1 aliphatic rings. The molecule has 0 amide bonds. The van der Waals surface area contributed by atoms with E-state index in [2.05, 4.69) is 278 Å². The van der Waals surface area contributed by atoms with E-state index in [1.165, 1.54) is 108 Å². The van der Waals surface area contributed by atoms with Gasteiger partial charge in [0.15, 0.2) is 0 Å². The summed E-state index contributed by atoms with van der Waals surface area (Å²) >= 11 is 1.89. The summed E-state index contributed by atoms with van der Waals surface area (Å²) in [7, 11) is 0. The van der Waals surface area contributed by atoms with Gasteiger partial charge in [-0.2, -0.15) is 0 Å². The van der Waals surface area contributed by atoms with Crippen molar-refractivity contribution in [3.05, 3.63) is 295 Å². The summed E-state index contributed by atoms with van der Waals surface area (Å²) in [4.78, 5) is 2.52. The van der Waals surface area contributed by atoms with Gasteiger partial charge in [-0.1, -0.05) is 231 Å². The number of anilines is 3. The minimum absolute atomic E-state index is 0.540. The molecule has 1 aliphatic carbocycles. The van der Waals surface area contributed by atoms with Crippen LogP contribution in [0.5, 0.6) is 0 Å². The molecule has 13 aromatic rings. The van der Waals surface area contributed by atoms with Gasteiger partial charge < -0.3 is 4.90 Å². The first-order chi connectivity index (χ1) is 35.2. The van der Waals surface area contributed by atoms with Crippen molar-refractivity contribution in [3.63, 3.8) is 0 Å². The lowest BCUT2D eigenvalue weighted by atomic mass is 9.67. The molecule has 1 nitrogen and oxygen atoms in total. The van der Waals surface area contributed by atoms with Crippen LogP contribution in [0.15, 0.2) is 273 Å². The molecule has 71 heavy (non-hydrogen) atoms. The predicted octanol–water partition coefficient (Wildman–Crippen LogP) is 19.2. The monoisotopic (exact) mass is 919 g/mol. The van der Waals surface area contributed by atoms with E-state index in [9.17, 15) is 0 Å². The summed E-state index contributed by atoms with van der Waals surface area (Å²) in [5.41, 5.74) is 17.7. The fourth-order valence-corrected chi connectivity index (χ4v) is 12.9. The van der Waals surface area contributed by atoms with Gasteiger partial charge in [0, 0.05) is 37.1 Å². The highest BCUT2D eigenvalue weighted by atomic mass is 32.1. The van der Waals surface area contributed by atoms with Crippen molar-refractivity contribution in [1.29, 1.82) is 0 Å². The molecule has 0 spiro atoms. The van der Waals surface area contributed by atoms with E-state index in [1.54, 1.807) is 0 Å². The van der Waals surface area contributed by atoms with E-state index in [1.807, 2.05) is 11.3 Å². The predicted molar refractivity (Wildman–Crippen MR) is 303 cm³/mol. The molecule has 0 saturated carbocycles.